The van der Waals surface area contributed by atoms with E-state index in [9.17, 15) is 14.7 Å². The molecule has 0 aromatic rings. The summed E-state index contributed by atoms with van der Waals surface area (Å²) in [6, 6.07) is 0. The Balaban J connectivity index is 2.66. The lowest BCUT2D eigenvalue weighted by Crippen LogP contribution is -2.62. The number of hydrogen-bond acceptors (Lipinski definition) is 3. The molecule has 100 valence electrons. The first-order valence-electron chi connectivity index (χ1n) is 6.60. The Morgan fingerprint density at radius 2 is 1.94 bits per heavy atom. The van der Waals surface area contributed by atoms with Crippen LogP contribution in [-0.4, -0.2) is 22.8 Å². The minimum absolute atomic E-state index is 0.0613. The van der Waals surface area contributed by atoms with Crippen LogP contribution in [0, 0.1) is 16.7 Å². The Hall–Kier alpha value is -0.960. The molecular weight excluding hydrogens is 228 g/mol. The molecule has 3 heteroatoms. The summed E-state index contributed by atoms with van der Waals surface area (Å²) in [4.78, 5) is 23.8. The van der Waals surface area contributed by atoms with Gasteiger partial charge in [-0.25, -0.2) is 0 Å². The van der Waals surface area contributed by atoms with Gasteiger partial charge in [-0.3, -0.25) is 9.59 Å². The van der Waals surface area contributed by atoms with Crippen LogP contribution in [0.5, 0.6) is 0 Å². The van der Waals surface area contributed by atoms with Crippen LogP contribution in [0.4, 0.5) is 0 Å². The fourth-order valence-electron chi connectivity index (χ4n) is 4.26. The van der Waals surface area contributed by atoms with Crippen molar-refractivity contribution < 1.29 is 14.7 Å². The van der Waals surface area contributed by atoms with Gasteiger partial charge in [-0.1, -0.05) is 27.2 Å². The van der Waals surface area contributed by atoms with Crippen molar-refractivity contribution in [2.24, 2.45) is 16.7 Å². The normalized spacial score (nSPS) is 43.1. The van der Waals surface area contributed by atoms with E-state index in [1.807, 2.05) is 6.92 Å². The van der Waals surface area contributed by atoms with E-state index in [1.54, 1.807) is 6.92 Å². The van der Waals surface area contributed by atoms with Crippen LogP contribution in [0.15, 0.2) is 11.6 Å². The van der Waals surface area contributed by atoms with Crippen LogP contribution in [0.3, 0.4) is 0 Å². The van der Waals surface area contributed by atoms with E-state index in [2.05, 4.69) is 13.8 Å². The predicted molar refractivity (Wildman–Crippen MR) is 69.0 cm³/mol. The van der Waals surface area contributed by atoms with Crippen LogP contribution >= 0.6 is 0 Å². The number of aliphatic hydroxyl groups is 1. The second-order valence-corrected chi connectivity index (χ2v) is 6.81. The van der Waals surface area contributed by atoms with Gasteiger partial charge in [-0.15, -0.1) is 0 Å². The fourth-order valence-corrected chi connectivity index (χ4v) is 4.26. The number of rotatable bonds is 1. The van der Waals surface area contributed by atoms with Gasteiger partial charge >= 0.3 is 0 Å². The highest BCUT2D eigenvalue weighted by atomic mass is 16.3. The summed E-state index contributed by atoms with van der Waals surface area (Å²) in [5.41, 5.74) is -1.85. The largest absolute Gasteiger partial charge is 0.377 e. The van der Waals surface area contributed by atoms with Gasteiger partial charge in [0.15, 0.2) is 12.1 Å². The average Bonchev–Trinajstić information content (AvgIpc) is 2.24. The van der Waals surface area contributed by atoms with Crippen LogP contribution in [0.2, 0.25) is 0 Å². The lowest BCUT2D eigenvalue weighted by atomic mass is 9.47. The topological polar surface area (TPSA) is 54.4 Å². The van der Waals surface area contributed by atoms with Crippen molar-refractivity contribution in [3.8, 4) is 0 Å². The first-order valence-corrected chi connectivity index (χ1v) is 6.60. The molecule has 0 spiro atoms. The molecule has 1 saturated carbocycles. The number of carbonyl (C=O) groups is 2. The van der Waals surface area contributed by atoms with Crippen molar-refractivity contribution in [2.45, 2.75) is 52.6 Å². The molecule has 3 nitrogen and oxygen atoms in total. The van der Waals surface area contributed by atoms with E-state index in [1.165, 1.54) is 6.08 Å². The molecule has 0 aromatic carbocycles. The lowest BCUT2D eigenvalue weighted by Gasteiger charge is -2.57. The summed E-state index contributed by atoms with van der Waals surface area (Å²) in [6.07, 6.45) is 4.71. The van der Waals surface area contributed by atoms with Crippen LogP contribution in [0.25, 0.3) is 0 Å². The monoisotopic (exact) mass is 250 g/mol. The van der Waals surface area contributed by atoms with Crippen molar-refractivity contribution >= 4 is 12.1 Å². The maximum absolute atomic E-state index is 12.4. The maximum Gasteiger partial charge on any atom is 0.160 e. The number of fused-ring (bicyclic) bond motifs is 1. The summed E-state index contributed by atoms with van der Waals surface area (Å²) in [5.74, 6) is -0.219. The molecule has 1 N–H and O–H groups in total. The van der Waals surface area contributed by atoms with Gasteiger partial charge < -0.3 is 5.11 Å². The smallest absolute Gasteiger partial charge is 0.160 e. The lowest BCUT2D eigenvalue weighted by molar-refractivity contribution is -0.164. The number of carbonyl (C=O) groups excluding carboxylic acids is 2. The summed E-state index contributed by atoms with van der Waals surface area (Å²) in [6.45, 7) is 7.69. The molecule has 0 amide bonds. The number of ketones is 1. The Bertz CT molecular complexity index is 435. The van der Waals surface area contributed by atoms with Crippen LogP contribution < -0.4 is 0 Å². The third-order valence-corrected chi connectivity index (χ3v) is 5.22. The summed E-state index contributed by atoms with van der Waals surface area (Å²) >= 11 is 0. The molecule has 2 aliphatic rings. The SMILES string of the molecule is CC1=CC(=O)[C@H]2C(C)(C)CCC[C@]2(C)[C@@]1(O)C=O. The second kappa shape index (κ2) is 3.77. The second-order valence-electron chi connectivity index (χ2n) is 6.81. The molecule has 2 aliphatic carbocycles. The van der Waals surface area contributed by atoms with Crippen molar-refractivity contribution in [3.63, 3.8) is 0 Å². The third kappa shape index (κ3) is 1.46. The molecule has 3 atom stereocenters. The molecule has 2 rings (SSSR count). The van der Waals surface area contributed by atoms with Crippen molar-refractivity contribution in [2.75, 3.05) is 0 Å². The highest BCUT2D eigenvalue weighted by Crippen LogP contribution is 2.59. The Labute approximate surface area is 108 Å². The molecule has 18 heavy (non-hydrogen) atoms. The van der Waals surface area contributed by atoms with E-state index in [0.717, 1.165) is 12.8 Å². The maximum atomic E-state index is 12.4. The Morgan fingerprint density at radius 3 is 2.50 bits per heavy atom. The molecule has 0 unspecified atom stereocenters. The molecule has 0 radical (unpaired) electrons. The first-order chi connectivity index (χ1) is 8.19. The van der Waals surface area contributed by atoms with E-state index >= 15 is 0 Å². The van der Waals surface area contributed by atoms with Gasteiger partial charge in [0, 0.05) is 11.3 Å². The third-order valence-electron chi connectivity index (χ3n) is 5.22. The number of hydrogen-bond donors (Lipinski definition) is 1. The highest BCUT2D eigenvalue weighted by molar-refractivity contribution is 5.97. The van der Waals surface area contributed by atoms with Gasteiger partial charge in [0.25, 0.3) is 0 Å². The molecule has 0 aliphatic heterocycles. The van der Waals surface area contributed by atoms with Crippen molar-refractivity contribution in [1.82, 2.24) is 0 Å². The first kappa shape index (κ1) is 13.5. The molecule has 0 aromatic heterocycles. The zero-order chi connectivity index (χ0) is 13.8. The quantitative estimate of drug-likeness (QED) is 0.726. The molecular formula is C15H22O3. The minimum Gasteiger partial charge on any atom is -0.377 e. The van der Waals surface area contributed by atoms with Crippen molar-refractivity contribution in [1.29, 1.82) is 0 Å². The van der Waals surface area contributed by atoms with Gasteiger partial charge in [0.05, 0.1) is 0 Å². The predicted octanol–water partition coefficient (Wildman–Crippen LogP) is 2.28. The van der Waals surface area contributed by atoms with Crippen molar-refractivity contribution in [3.05, 3.63) is 11.6 Å². The summed E-state index contributed by atoms with van der Waals surface area (Å²) < 4.78 is 0. The molecule has 0 bridgehead atoms. The summed E-state index contributed by atoms with van der Waals surface area (Å²) in [5, 5.41) is 10.8. The number of aldehydes is 1. The molecule has 1 fully saturated rings. The highest BCUT2D eigenvalue weighted by Gasteiger charge is 2.62. The Morgan fingerprint density at radius 1 is 1.33 bits per heavy atom. The average molecular weight is 250 g/mol. The Kier molecular flexibility index (Phi) is 2.82. The molecule has 0 heterocycles. The van der Waals surface area contributed by atoms with Gasteiger partial charge in [-0.05, 0) is 36.8 Å². The minimum atomic E-state index is -1.50. The fraction of sp³-hybridized carbons (Fsp3) is 0.733. The molecule has 0 saturated heterocycles. The van der Waals surface area contributed by atoms with Gasteiger partial charge in [0.2, 0.25) is 0 Å². The zero-order valence-corrected chi connectivity index (χ0v) is 11.6. The summed E-state index contributed by atoms with van der Waals surface area (Å²) in [7, 11) is 0. The number of allylic oxidation sites excluding steroid dienone is 1. The van der Waals surface area contributed by atoms with E-state index < -0.39 is 11.0 Å². The van der Waals surface area contributed by atoms with E-state index in [-0.39, 0.29) is 17.1 Å². The zero-order valence-electron chi connectivity index (χ0n) is 11.6. The van der Waals surface area contributed by atoms with Crippen LogP contribution in [0.1, 0.15) is 47.0 Å². The van der Waals surface area contributed by atoms with Crippen LogP contribution in [-0.2, 0) is 9.59 Å². The standard InChI is InChI=1S/C15H22O3/c1-10-8-11(17)12-13(2,3)6-5-7-14(12,4)15(10,18)9-16/h8-9,12,18H,5-7H2,1-4H3/t12-,14-,15+/m0/s1. The van der Waals surface area contributed by atoms with E-state index in [4.69, 9.17) is 0 Å². The van der Waals surface area contributed by atoms with E-state index in [0.29, 0.717) is 18.3 Å². The van der Waals surface area contributed by atoms with Gasteiger partial charge in [0.1, 0.15) is 5.60 Å². The van der Waals surface area contributed by atoms with Gasteiger partial charge in [-0.2, -0.15) is 0 Å².